The highest BCUT2D eigenvalue weighted by molar-refractivity contribution is 5.15. The van der Waals surface area contributed by atoms with Crippen molar-refractivity contribution < 1.29 is 0 Å². The predicted molar refractivity (Wildman–Crippen MR) is 50.0 cm³/mol. The van der Waals surface area contributed by atoms with Gasteiger partial charge in [0.2, 0.25) is 0 Å². The number of nitrogens with one attached hydrogen (secondary N) is 1. The minimum absolute atomic E-state index is 0.0213. The van der Waals surface area contributed by atoms with Gasteiger partial charge in [-0.2, -0.15) is 5.10 Å². The second-order valence-electron chi connectivity index (χ2n) is 3.46. The fourth-order valence-corrected chi connectivity index (χ4v) is 1.00. The van der Waals surface area contributed by atoms with Gasteiger partial charge < -0.3 is 5.32 Å². The summed E-state index contributed by atoms with van der Waals surface area (Å²) in [5.74, 6) is 0. The van der Waals surface area contributed by atoms with Crippen molar-refractivity contribution in [3.8, 4) is 0 Å². The lowest BCUT2D eigenvalue weighted by molar-refractivity contribution is 0.444. The van der Waals surface area contributed by atoms with Gasteiger partial charge in [-0.05, 0) is 27.8 Å². The monoisotopic (exact) mass is 167 g/mol. The Morgan fingerprint density at radius 3 is 2.67 bits per heavy atom. The van der Waals surface area contributed by atoms with Crippen LogP contribution >= 0.6 is 0 Å². The van der Waals surface area contributed by atoms with Crippen LogP contribution in [0.4, 0.5) is 0 Å². The van der Waals surface area contributed by atoms with Gasteiger partial charge in [0, 0.05) is 23.8 Å². The first-order valence-corrected chi connectivity index (χ1v) is 4.32. The lowest BCUT2D eigenvalue weighted by atomic mass is 9.98. The summed E-state index contributed by atoms with van der Waals surface area (Å²) in [7, 11) is 1.96. The molecule has 0 aromatic carbocycles. The molecule has 12 heavy (non-hydrogen) atoms. The van der Waals surface area contributed by atoms with Gasteiger partial charge in [-0.15, -0.1) is 0 Å². The normalized spacial score (nSPS) is 12.0. The van der Waals surface area contributed by atoms with Crippen LogP contribution in [0.3, 0.4) is 0 Å². The van der Waals surface area contributed by atoms with Crippen LogP contribution in [0.1, 0.15) is 26.3 Å². The zero-order valence-electron chi connectivity index (χ0n) is 8.26. The van der Waals surface area contributed by atoms with Crippen LogP contribution in [-0.2, 0) is 12.1 Å². The van der Waals surface area contributed by atoms with Crippen molar-refractivity contribution in [2.45, 2.75) is 32.9 Å². The van der Waals surface area contributed by atoms with Crippen molar-refractivity contribution in [3.05, 3.63) is 18.0 Å². The molecule has 0 amide bonds. The summed E-state index contributed by atoms with van der Waals surface area (Å²) in [4.78, 5) is 0. The van der Waals surface area contributed by atoms with E-state index >= 15 is 0 Å². The smallest absolute Gasteiger partial charge is 0.0540 e. The molecule has 0 aliphatic rings. The molecular formula is C9H17N3. The molecule has 1 heterocycles. The fraction of sp³-hybridized carbons (Fsp3) is 0.667. The Morgan fingerprint density at radius 2 is 2.25 bits per heavy atom. The van der Waals surface area contributed by atoms with Gasteiger partial charge in [0.15, 0.2) is 0 Å². The molecule has 0 spiro atoms. The number of nitrogens with zero attached hydrogens (tertiary/aromatic N) is 2. The van der Waals surface area contributed by atoms with Crippen molar-refractivity contribution in [1.29, 1.82) is 0 Å². The molecule has 1 N–H and O–H groups in total. The molecule has 0 atom stereocenters. The summed E-state index contributed by atoms with van der Waals surface area (Å²) in [5, 5.41) is 7.47. The second kappa shape index (κ2) is 3.27. The Labute approximate surface area is 73.8 Å². The van der Waals surface area contributed by atoms with Crippen LogP contribution in [0.25, 0.3) is 0 Å². The zero-order chi connectivity index (χ0) is 9.19. The molecular weight excluding hydrogens is 150 g/mol. The van der Waals surface area contributed by atoms with Gasteiger partial charge in [-0.1, -0.05) is 0 Å². The second-order valence-corrected chi connectivity index (χ2v) is 3.46. The molecule has 1 aromatic heterocycles. The third kappa shape index (κ3) is 1.67. The van der Waals surface area contributed by atoms with E-state index in [-0.39, 0.29) is 5.54 Å². The van der Waals surface area contributed by atoms with Gasteiger partial charge in [0.05, 0.1) is 6.20 Å². The molecule has 0 radical (unpaired) electrons. The molecule has 0 saturated heterocycles. The van der Waals surface area contributed by atoms with Gasteiger partial charge >= 0.3 is 0 Å². The topological polar surface area (TPSA) is 29.9 Å². The highest BCUT2D eigenvalue weighted by atomic mass is 15.3. The Hall–Kier alpha value is -0.830. The number of rotatable bonds is 3. The Bertz CT molecular complexity index is 250. The van der Waals surface area contributed by atoms with Crippen LogP contribution in [0.15, 0.2) is 12.4 Å². The van der Waals surface area contributed by atoms with Gasteiger partial charge in [0.25, 0.3) is 0 Å². The van der Waals surface area contributed by atoms with Crippen molar-refractivity contribution in [1.82, 2.24) is 15.1 Å². The minimum atomic E-state index is 0.0213. The highest BCUT2D eigenvalue weighted by Gasteiger charge is 2.18. The van der Waals surface area contributed by atoms with Crippen LogP contribution in [0.5, 0.6) is 0 Å². The molecule has 68 valence electrons. The summed E-state index contributed by atoms with van der Waals surface area (Å²) in [5.41, 5.74) is 1.25. The predicted octanol–water partition coefficient (Wildman–Crippen LogP) is 1.36. The van der Waals surface area contributed by atoms with E-state index in [1.54, 1.807) is 0 Å². The maximum absolute atomic E-state index is 4.23. The molecule has 0 unspecified atom stereocenters. The average molecular weight is 167 g/mol. The highest BCUT2D eigenvalue weighted by Crippen LogP contribution is 2.17. The number of hydrogen-bond donors (Lipinski definition) is 1. The van der Waals surface area contributed by atoms with E-state index < -0.39 is 0 Å². The van der Waals surface area contributed by atoms with E-state index in [1.807, 2.05) is 17.9 Å². The summed E-state index contributed by atoms with van der Waals surface area (Å²) in [6.07, 6.45) is 4.00. The Kier molecular flexibility index (Phi) is 2.52. The van der Waals surface area contributed by atoms with Crippen molar-refractivity contribution in [3.63, 3.8) is 0 Å². The largest absolute Gasteiger partial charge is 0.311 e. The molecule has 3 heteroatoms. The summed E-state index contributed by atoms with van der Waals surface area (Å²) in [6.45, 7) is 7.30. The van der Waals surface area contributed by atoms with E-state index in [2.05, 4.69) is 37.4 Å². The lowest BCUT2D eigenvalue weighted by Gasteiger charge is -2.21. The molecule has 0 aliphatic carbocycles. The van der Waals surface area contributed by atoms with E-state index in [0.29, 0.717) is 0 Å². The van der Waals surface area contributed by atoms with Crippen molar-refractivity contribution in [2.24, 2.45) is 0 Å². The number of hydrogen-bond acceptors (Lipinski definition) is 2. The van der Waals surface area contributed by atoms with Crippen molar-refractivity contribution in [2.75, 3.05) is 7.05 Å². The van der Waals surface area contributed by atoms with Gasteiger partial charge in [-0.3, -0.25) is 4.68 Å². The maximum Gasteiger partial charge on any atom is 0.0540 e. The van der Waals surface area contributed by atoms with Gasteiger partial charge in [0.1, 0.15) is 0 Å². The zero-order valence-corrected chi connectivity index (χ0v) is 8.26. The van der Waals surface area contributed by atoms with Crippen LogP contribution < -0.4 is 5.32 Å². The first-order valence-electron chi connectivity index (χ1n) is 4.32. The van der Waals surface area contributed by atoms with Gasteiger partial charge in [-0.25, -0.2) is 0 Å². The number of aromatic nitrogens is 2. The standard InChI is InChI=1S/C9H17N3/c1-5-12-7-8(6-11-12)9(2,3)10-4/h6-7,10H,5H2,1-4H3. The van der Waals surface area contributed by atoms with E-state index in [1.165, 1.54) is 5.56 Å². The minimum Gasteiger partial charge on any atom is -0.311 e. The fourth-order valence-electron chi connectivity index (χ4n) is 1.00. The molecule has 1 rings (SSSR count). The average Bonchev–Trinajstić information content (AvgIpc) is 2.52. The third-order valence-electron chi connectivity index (χ3n) is 2.30. The Morgan fingerprint density at radius 1 is 1.58 bits per heavy atom. The molecule has 0 aliphatic heterocycles. The van der Waals surface area contributed by atoms with Crippen LogP contribution in [0, 0.1) is 0 Å². The summed E-state index contributed by atoms with van der Waals surface area (Å²) in [6, 6.07) is 0. The Balaban J connectivity index is 2.88. The van der Waals surface area contributed by atoms with Crippen LogP contribution in [0.2, 0.25) is 0 Å². The SMILES string of the molecule is CCn1cc(C(C)(C)NC)cn1. The maximum atomic E-state index is 4.23. The molecule has 3 nitrogen and oxygen atoms in total. The molecule has 0 saturated carbocycles. The third-order valence-corrected chi connectivity index (χ3v) is 2.30. The first-order chi connectivity index (χ1) is 5.60. The number of aryl methyl sites for hydroxylation is 1. The van der Waals surface area contributed by atoms with E-state index in [0.717, 1.165) is 6.54 Å². The summed E-state index contributed by atoms with van der Waals surface area (Å²) >= 11 is 0. The molecule has 1 aromatic rings. The van der Waals surface area contributed by atoms with E-state index in [9.17, 15) is 0 Å². The van der Waals surface area contributed by atoms with E-state index in [4.69, 9.17) is 0 Å². The van der Waals surface area contributed by atoms with Crippen molar-refractivity contribution >= 4 is 0 Å². The van der Waals surface area contributed by atoms with Crippen LogP contribution in [-0.4, -0.2) is 16.8 Å². The first kappa shape index (κ1) is 9.26. The molecule has 0 fully saturated rings. The molecule has 0 bridgehead atoms. The lowest BCUT2D eigenvalue weighted by Crippen LogP contribution is -2.32. The summed E-state index contributed by atoms with van der Waals surface area (Å²) < 4.78 is 1.94. The quantitative estimate of drug-likeness (QED) is 0.736.